The van der Waals surface area contributed by atoms with Gasteiger partial charge in [-0.1, -0.05) is 24.3 Å². The van der Waals surface area contributed by atoms with Crippen LogP contribution >= 0.6 is 0 Å². The molecule has 0 radical (unpaired) electrons. The number of nitriles is 1. The number of anilines is 2. The number of nitrogens with one attached hydrogen (secondary N) is 1. The quantitative estimate of drug-likeness (QED) is 0.924. The fourth-order valence-corrected chi connectivity index (χ4v) is 4.27. The normalized spacial score (nSPS) is 23.5. The van der Waals surface area contributed by atoms with Gasteiger partial charge in [0.1, 0.15) is 5.75 Å². The Morgan fingerprint density at radius 2 is 2.15 bits per heavy atom. The van der Waals surface area contributed by atoms with Crippen LogP contribution < -0.4 is 15.0 Å². The van der Waals surface area contributed by atoms with Crippen molar-refractivity contribution in [2.75, 3.05) is 23.9 Å². The molecule has 1 fully saturated rings. The second-order valence-corrected chi connectivity index (χ2v) is 6.93. The number of hydrogen-bond donors (Lipinski definition) is 1. The van der Waals surface area contributed by atoms with Gasteiger partial charge in [-0.15, -0.1) is 0 Å². The van der Waals surface area contributed by atoms with E-state index in [1.807, 2.05) is 36.4 Å². The first-order chi connectivity index (χ1) is 12.7. The summed E-state index contributed by atoms with van der Waals surface area (Å²) in [5.41, 5.74) is 1.78. The Kier molecular flexibility index (Phi) is 4.04. The standard InChI is InChI=1S/C21H21N3O2/c1-26-17-8-4-7-16(12-17)23-20(25)21(14-22)13-15-6-2-3-9-18(15)24-11-5-10-19(21)24/h2-4,6-9,12,19H,5,10-11,13H2,1H3,(H,23,25)/t19-,21-/m0/s1. The van der Waals surface area contributed by atoms with Gasteiger partial charge in [-0.05, 0) is 36.6 Å². The Bertz CT molecular complexity index is 889. The van der Waals surface area contributed by atoms with E-state index in [4.69, 9.17) is 4.74 Å². The third-order valence-corrected chi connectivity index (χ3v) is 5.52. The monoisotopic (exact) mass is 347 g/mol. The van der Waals surface area contributed by atoms with Crippen molar-refractivity contribution in [3.05, 3.63) is 54.1 Å². The molecule has 2 atom stereocenters. The second-order valence-electron chi connectivity index (χ2n) is 6.93. The molecule has 0 aliphatic carbocycles. The number of amides is 1. The van der Waals surface area contributed by atoms with Crippen molar-refractivity contribution in [1.82, 2.24) is 0 Å². The van der Waals surface area contributed by atoms with E-state index < -0.39 is 5.41 Å². The van der Waals surface area contributed by atoms with Crippen LogP contribution in [0.25, 0.3) is 0 Å². The maximum absolute atomic E-state index is 13.3. The molecule has 2 aliphatic rings. The summed E-state index contributed by atoms with van der Waals surface area (Å²) in [6.45, 7) is 0.886. The van der Waals surface area contributed by atoms with Crippen LogP contribution in [-0.2, 0) is 11.2 Å². The fourth-order valence-electron chi connectivity index (χ4n) is 4.27. The van der Waals surface area contributed by atoms with Crippen molar-refractivity contribution >= 4 is 17.3 Å². The predicted octanol–water partition coefficient (Wildman–Crippen LogP) is 3.37. The van der Waals surface area contributed by atoms with Crippen LogP contribution in [0.4, 0.5) is 11.4 Å². The summed E-state index contributed by atoms with van der Waals surface area (Å²) in [4.78, 5) is 15.5. The Labute approximate surface area is 153 Å². The first-order valence-electron chi connectivity index (χ1n) is 8.89. The van der Waals surface area contributed by atoms with Gasteiger partial charge >= 0.3 is 0 Å². The van der Waals surface area contributed by atoms with E-state index in [-0.39, 0.29) is 11.9 Å². The third-order valence-electron chi connectivity index (χ3n) is 5.52. The van der Waals surface area contributed by atoms with Crippen molar-refractivity contribution in [3.63, 3.8) is 0 Å². The number of rotatable bonds is 3. The van der Waals surface area contributed by atoms with Crippen molar-refractivity contribution in [2.45, 2.75) is 25.3 Å². The first kappa shape index (κ1) is 16.5. The summed E-state index contributed by atoms with van der Waals surface area (Å²) in [5.74, 6) is 0.435. The topological polar surface area (TPSA) is 65.4 Å². The summed E-state index contributed by atoms with van der Waals surface area (Å²) in [7, 11) is 1.59. The summed E-state index contributed by atoms with van der Waals surface area (Å²) >= 11 is 0. The van der Waals surface area contributed by atoms with E-state index in [0.717, 1.165) is 30.6 Å². The number of para-hydroxylation sites is 1. The molecule has 0 spiro atoms. The van der Waals surface area contributed by atoms with Gasteiger partial charge in [0.15, 0.2) is 5.41 Å². The summed E-state index contributed by atoms with van der Waals surface area (Å²) in [5, 5.41) is 13.1. The second kappa shape index (κ2) is 6.38. The largest absolute Gasteiger partial charge is 0.497 e. The van der Waals surface area contributed by atoms with Crippen LogP contribution in [0.3, 0.4) is 0 Å². The molecule has 2 heterocycles. The van der Waals surface area contributed by atoms with E-state index in [1.165, 1.54) is 0 Å². The van der Waals surface area contributed by atoms with E-state index in [2.05, 4.69) is 22.4 Å². The van der Waals surface area contributed by atoms with Crippen LogP contribution in [0.1, 0.15) is 18.4 Å². The van der Waals surface area contributed by atoms with E-state index >= 15 is 0 Å². The number of nitrogens with zero attached hydrogens (tertiary/aromatic N) is 2. The zero-order chi connectivity index (χ0) is 18.1. The molecule has 132 valence electrons. The molecule has 0 unspecified atom stereocenters. The van der Waals surface area contributed by atoms with Crippen molar-refractivity contribution in [1.29, 1.82) is 5.26 Å². The SMILES string of the molecule is COc1cccc(NC(=O)[C@]2(C#N)Cc3ccccc3N3CCC[C@H]32)c1. The lowest BCUT2D eigenvalue weighted by atomic mass is 9.71. The molecule has 2 aliphatic heterocycles. The van der Waals surface area contributed by atoms with Gasteiger partial charge < -0.3 is 15.0 Å². The van der Waals surface area contributed by atoms with Gasteiger partial charge in [0, 0.05) is 30.4 Å². The van der Waals surface area contributed by atoms with Gasteiger partial charge in [-0.2, -0.15) is 5.26 Å². The number of hydrogen-bond acceptors (Lipinski definition) is 4. The minimum absolute atomic E-state index is 0.0898. The third kappa shape index (κ3) is 2.50. The van der Waals surface area contributed by atoms with Gasteiger partial charge in [0.25, 0.3) is 0 Å². The lowest BCUT2D eigenvalue weighted by Gasteiger charge is -2.43. The zero-order valence-corrected chi connectivity index (χ0v) is 14.7. The minimum atomic E-state index is -1.09. The Morgan fingerprint density at radius 1 is 1.31 bits per heavy atom. The number of carbonyl (C=O) groups excluding carboxylic acids is 1. The summed E-state index contributed by atoms with van der Waals surface area (Å²) in [6.07, 6.45) is 2.29. The van der Waals surface area contributed by atoms with Crippen LogP contribution in [-0.4, -0.2) is 25.6 Å². The number of methoxy groups -OCH3 is 1. The zero-order valence-electron chi connectivity index (χ0n) is 14.7. The molecule has 1 amide bonds. The number of carbonyl (C=O) groups is 1. The van der Waals surface area contributed by atoms with E-state index in [1.54, 1.807) is 13.2 Å². The number of ether oxygens (including phenoxy) is 1. The molecule has 1 N–H and O–H groups in total. The predicted molar refractivity (Wildman–Crippen MR) is 100 cm³/mol. The number of fused-ring (bicyclic) bond motifs is 3. The molecule has 2 aromatic rings. The Morgan fingerprint density at radius 3 is 2.96 bits per heavy atom. The molecule has 26 heavy (non-hydrogen) atoms. The van der Waals surface area contributed by atoms with Crippen LogP contribution in [0.2, 0.25) is 0 Å². The lowest BCUT2D eigenvalue weighted by molar-refractivity contribution is -0.123. The molecule has 0 aromatic heterocycles. The maximum atomic E-state index is 13.3. The summed E-state index contributed by atoms with van der Waals surface area (Å²) in [6, 6.07) is 17.6. The molecule has 4 rings (SSSR count). The van der Waals surface area contributed by atoms with Crippen LogP contribution in [0.5, 0.6) is 5.75 Å². The molecule has 1 saturated heterocycles. The maximum Gasteiger partial charge on any atom is 0.247 e. The fraction of sp³-hybridized carbons (Fsp3) is 0.333. The van der Waals surface area contributed by atoms with Crippen molar-refractivity contribution in [2.24, 2.45) is 5.41 Å². The number of benzene rings is 2. The average molecular weight is 347 g/mol. The first-order valence-corrected chi connectivity index (χ1v) is 8.89. The summed E-state index contributed by atoms with van der Waals surface area (Å²) < 4.78 is 5.22. The van der Waals surface area contributed by atoms with Gasteiger partial charge in [-0.3, -0.25) is 4.79 Å². The van der Waals surface area contributed by atoms with E-state index in [0.29, 0.717) is 17.9 Å². The molecule has 5 nitrogen and oxygen atoms in total. The Hall–Kier alpha value is -3.00. The molecule has 0 saturated carbocycles. The van der Waals surface area contributed by atoms with Gasteiger partial charge in [0.2, 0.25) is 5.91 Å². The highest BCUT2D eigenvalue weighted by Gasteiger charge is 2.53. The Balaban J connectivity index is 1.70. The molecule has 2 aromatic carbocycles. The molecule has 0 bridgehead atoms. The lowest BCUT2D eigenvalue weighted by Crippen LogP contribution is -2.55. The van der Waals surface area contributed by atoms with Crippen molar-refractivity contribution in [3.8, 4) is 11.8 Å². The van der Waals surface area contributed by atoms with Crippen molar-refractivity contribution < 1.29 is 9.53 Å². The van der Waals surface area contributed by atoms with E-state index in [9.17, 15) is 10.1 Å². The molecular weight excluding hydrogens is 326 g/mol. The minimum Gasteiger partial charge on any atom is -0.497 e. The van der Waals surface area contributed by atoms with Crippen LogP contribution in [0, 0.1) is 16.7 Å². The van der Waals surface area contributed by atoms with Crippen LogP contribution in [0.15, 0.2) is 48.5 Å². The molecular formula is C21H21N3O2. The smallest absolute Gasteiger partial charge is 0.247 e. The average Bonchev–Trinajstić information content (AvgIpc) is 3.18. The highest BCUT2D eigenvalue weighted by atomic mass is 16.5. The highest BCUT2D eigenvalue weighted by molar-refractivity contribution is 5.99. The van der Waals surface area contributed by atoms with Gasteiger partial charge in [-0.25, -0.2) is 0 Å². The highest BCUT2D eigenvalue weighted by Crippen LogP contribution is 2.46. The van der Waals surface area contributed by atoms with Gasteiger partial charge in [0.05, 0.1) is 19.2 Å². The molecule has 5 heteroatoms.